The molecular weight excluding hydrogens is 304 g/mol. The Balaban J connectivity index is 2.20. The first-order valence-corrected chi connectivity index (χ1v) is 8.88. The van der Waals surface area contributed by atoms with Gasteiger partial charge in [-0.05, 0) is 24.5 Å². The van der Waals surface area contributed by atoms with Crippen LogP contribution in [0.4, 0.5) is 0 Å². The van der Waals surface area contributed by atoms with Gasteiger partial charge in [-0.25, -0.2) is 12.7 Å². The van der Waals surface area contributed by atoms with Crippen LogP contribution in [0.2, 0.25) is 0 Å². The minimum atomic E-state index is -3.63. The van der Waals surface area contributed by atoms with Crippen LogP contribution in [0.5, 0.6) is 11.5 Å². The van der Waals surface area contributed by atoms with E-state index in [-0.39, 0.29) is 10.9 Å². The van der Waals surface area contributed by atoms with Gasteiger partial charge in [0.05, 0.1) is 0 Å². The number of hydrogen-bond acceptors (Lipinski definition) is 5. The van der Waals surface area contributed by atoms with Crippen molar-refractivity contribution < 1.29 is 17.9 Å². The van der Waals surface area contributed by atoms with E-state index in [9.17, 15) is 8.42 Å². The third kappa shape index (κ3) is 3.53. The van der Waals surface area contributed by atoms with Crippen molar-refractivity contribution in [3.8, 4) is 11.5 Å². The summed E-state index contributed by atoms with van der Waals surface area (Å²) in [5.74, 6) is 1.09. The smallest absolute Gasteiger partial charge is 0.246 e. The van der Waals surface area contributed by atoms with Crippen molar-refractivity contribution in [2.45, 2.75) is 31.2 Å². The summed E-state index contributed by atoms with van der Waals surface area (Å²) in [5, 5.41) is 0. The normalized spacial score (nSPS) is 16.1. The van der Waals surface area contributed by atoms with Crippen molar-refractivity contribution in [1.82, 2.24) is 4.31 Å². The van der Waals surface area contributed by atoms with Crippen LogP contribution < -0.4 is 15.2 Å². The van der Waals surface area contributed by atoms with E-state index in [1.807, 2.05) is 13.8 Å². The van der Waals surface area contributed by atoms with Gasteiger partial charge in [-0.15, -0.1) is 0 Å². The van der Waals surface area contributed by atoms with Crippen molar-refractivity contribution in [1.29, 1.82) is 0 Å². The van der Waals surface area contributed by atoms with Crippen LogP contribution >= 0.6 is 0 Å². The van der Waals surface area contributed by atoms with Crippen LogP contribution in [0.3, 0.4) is 0 Å². The first kappa shape index (κ1) is 17.1. The van der Waals surface area contributed by atoms with Gasteiger partial charge >= 0.3 is 0 Å². The predicted octanol–water partition coefficient (Wildman–Crippen LogP) is 1.45. The van der Waals surface area contributed by atoms with E-state index in [1.165, 1.54) is 4.31 Å². The molecule has 0 amide bonds. The number of ether oxygens (including phenoxy) is 2. The average molecular weight is 328 g/mol. The minimum Gasteiger partial charge on any atom is -0.486 e. The standard InChI is InChI=1S/C15H24N2O4S/c1-11(2)12(16)7-8-17(3)22(18,19)14-6-4-5-13-15(14)21-10-9-20-13/h4-6,11-12H,7-10,16H2,1-3H3. The fraction of sp³-hybridized carbons (Fsp3) is 0.600. The zero-order valence-electron chi connectivity index (χ0n) is 13.3. The van der Waals surface area contributed by atoms with Gasteiger partial charge in [-0.2, -0.15) is 0 Å². The molecule has 2 N–H and O–H groups in total. The van der Waals surface area contributed by atoms with Gasteiger partial charge in [0.15, 0.2) is 11.5 Å². The Kier molecular flexibility index (Phi) is 5.31. The van der Waals surface area contributed by atoms with Crippen molar-refractivity contribution in [2.24, 2.45) is 11.7 Å². The Morgan fingerprint density at radius 3 is 2.64 bits per heavy atom. The van der Waals surface area contributed by atoms with Crippen molar-refractivity contribution >= 4 is 10.0 Å². The van der Waals surface area contributed by atoms with Gasteiger partial charge in [-0.3, -0.25) is 0 Å². The van der Waals surface area contributed by atoms with E-state index < -0.39 is 10.0 Å². The summed E-state index contributed by atoms with van der Waals surface area (Å²) in [7, 11) is -2.07. The van der Waals surface area contributed by atoms with E-state index in [2.05, 4.69) is 0 Å². The van der Waals surface area contributed by atoms with E-state index in [1.54, 1.807) is 25.2 Å². The Hall–Kier alpha value is -1.31. The Morgan fingerprint density at radius 2 is 1.95 bits per heavy atom. The molecule has 0 aromatic heterocycles. The van der Waals surface area contributed by atoms with Crippen molar-refractivity contribution in [2.75, 3.05) is 26.8 Å². The predicted molar refractivity (Wildman–Crippen MR) is 84.7 cm³/mol. The number of sulfonamides is 1. The van der Waals surface area contributed by atoms with Gasteiger partial charge in [0.1, 0.15) is 18.1 Å². The van der Waals surface area contributed by atoms with Gasteiger partial charge in [0.25, 0.3) is 0 Å². The van der Waals surface area contributed by atoms with E-state index in [0.717, 1.165) is 0 Å². The summed E-state index contributed by atoms with van der Waals surface area (Å²) < 4.78 is 37.7. The molecule has 6 nitrogen and oxygen atoms in total. The summed E-state index contributed by atoms with van der Waals surface area (Å²) in [6, 6.07) is 4.89. The van der Waals surface area contributed by atoms with Gasteiger partial charge in [0.2, 0.25) is 10.0 Å². The number of rotatable bonds is 6. The Bertz CT molecular complexity index is 616. The molecule has 0 aliphatic carbocycles. The fourth-order valence-electron chi connectivity index (χ4n) is 2.20. The highest BCUT2D eigenvalue weighted by Crippen LogP contribution is 2.37. The number of nitrogens with zero attached hydrogens (tertiary/aromatic N) is 1. The van der Waals surface area contributed by atoms with E-state index >= 15 is 0 Å². The number of fused-ring (bicyclic) bond motifs is 1. The van der Waals surface area contributed by atoms with Gasteiger partial charge in [0, 0.05) is 19.6 Å². The van der Waals surface area contributed by atoms with Crippen LogP contribution in [-0.4, -0.2) is 45.6 Å². The topological polar surface area (TPSA) is 81.9 Å². The van der Waals surface area contributed by atoms with Crippen LogP contribution in [0, 0.1) is 5.92 Å². The number of benzene rings is 1. The first-order valence-electron chi connectivity index (χ1n) is 7.44. The summed E-state index contributed by atoms with van der Waals surface area (Å²) in [6.07, 6.45) is 0.611. The van der Waals surface area contributed by atoms with E-state index in [0.29, 0.717) is 43.6 Å². The highest BCUT2D eigenvalue weighted by molar-refractivity contribution is 7.89. The summed E-state index contributed by atoms with van der Waals surface area (Å²) in [6.45, 7) is 5.19. The molecule has 0 fully saturated rings. The fourth-order valence-corrected chi connectivity index (χ4v) is 3.53. The largest absolute Gasteiger partial charge is 0.486 e. The second-order valence-electron chi connectivity index (χ2n) is 5.80. The van der Waals surface area contributed by atoms with Crippen molar-refractivity contribution in [3.63, 3.8) is 0 Å². The molecule has 0 saturated heterocycles. The van der Waals surface area contributed by atoms with Crippen molar-refractivity contribution in [3.05, 3.63) is 18.2 Å². The lowest BCUT2D eigenvalue weighted by atomic mass is 10.0. The molecule has 1 unspecified atom stereocenters. The number of nitrogens with two attached hydrogens (primary N) is 1. The maximum atomic E-state index is 12.7. The molecular formula is C15H24N2O4S. The molecule has 1 atom stereocenters. The maximum absolute atomic E-state index is 12.7. The van der Waals surface area contributed by atoms with Crippen LogP contribution in [-0.2, 0) is 10.0 Å². The third-order valence-electron chi connectivity index (χ3n) is 3.85. The van der Waals surface area contributed by atoms with Crippen LogP contribution in [0.15, 0.2) is 23.1 Å². The molecule has 1 aromatic carbocycles. The van der Waals surface area contributed by atoms with Crippen LogP contribution in [0.1, 0.15) is 20.3 Å². The molecule has 1 aromatic rings. The summed E-state index contributed by atoms with van der Waals surface area (Å²) >= 11 is 0. The lowest BCUT2D eigenvalue weighted by Crippen LogP contribution is -2.35. The summed E-state index contributed by atoms with van der Waals surface area (Å²) in [5.41, 5.74) is 5.99. The lowest BCUT2D eigenvalue weighted by Gasteiger charge is -2.24. The second-order valence-corrected chi connectivity index (χ2v) is 7.82. The monoisotopic (exact) mass is 328 g/mol. The molecule has 1 aliphatic rings. The molecule has 1 aliphatic heterocycles. The Morgan fingerprint density at radius 1 is 1.27 bits per heavy atom. The zero-order valence-corrected chi connectivity index (χ0v) is 14.1. The lowest BCUT2D eigenvalue weighted by molar-refractivity contribution is 0.166. The minimum absolute atomic E-state index is 0.0260. The Labute approximate surface area is 132 Å². The van der Waals surface area contributed by atoms with Crippen LogP contribution in [0.25, 0.3) is 0 Å². The highest BCUT2D eigenvalue weighted by Gasteiger charge is 2.28. The zero-order chi connectivity index (χ0) is 16.3. The molecule has 0 saturated carbocycles. The molecule has 0 bridgehead atoms. The quantitative estimate of drug-likeness (QED) is 0.855. The second kappa shape index (κ2) is 6.85. The molecule has 7 heteroatoms. The third-order valence-corrected chi connectivity index (χ3v) is 5.73. The molecule has 0 radical (unpaired) electrons. The molecule has 1 heterocycles. The van der Waals surface area contributed by atoms with Gasteiger partial charge in [-0.1, -0.05) is 19.9 Å². The molecule has 22 heavy (non-hydrogen) atoms. The SMILES string of the molecule is CC(C)C(N)CCN(C)S(=O)(=O)c1cccc2c1OCCO2. The molecule has 0 spiro atoms. The first-order chi connectivity index (χ1) is 10.3. The van der Waals surface area contributed by atoms with Gasteiger partial charge < -0.3 is 15.2 Å². The maximum Gasteiger partial charge on any atom is 0.246 e. The summed E-state index contributed by atoms with van der Waals surface area (Å²) in [4.78, 5) is 0.144. The average Bonchev–Trinajstić information content (AvgIpc) is 2.51. The highest BCUT2D eigenvalue weighted by atomic mass is 32.2. The molecule has 2 rings (SSSR count). The van der Waals surface area contributed by atoms with E-state index in [4.69, 9.17) is 15.2 Å². The number of hydrogen-bond donors (Lipinski definition) is 1. The molecule has 124 valence electrons. The number of para-hydroxylation sites is 1.